The van der Waals surface area contributed by atoms with Gasteiger partial charge in [-0.1, -0.05) is 0 Å². The number of aromatic nitrogens is 1. The number of hydrogen-bond acceptors (Lipinski definition) is 3. The van der Waals surface area contributed by atoms with E-state index in [0.29, 0.717) is 18.7 Å². The van der Waals surface area contributed by atoms with Crippen molar-refractivity contribution in [3.63, 3.8) is 0 Å². The van der Waals surface area contributed by atoms with Crippen molar-refractivity contribution in [2.45, 2.75) is 19.3 Å². The SMILES string of the molecule is NCCCc1coc(C(F)F)n1. The van der Waals surface area contributed by atoms with Crippen LogP contribution >= 0.6 is 0 Å². The summed E-state index contributed by atoms with van der Waals surface area (Å²) in [7, 11) is 0. The van der Waals surface area contributed by atoms with Gasteiger partial charge in [0.1, 0.15) is 6.26 Å². The third kappa shape index (κ3) is 2.27. The van der Waals surface area contributed by atoms with Crippen LogP contribution in [0.1, 0.15) is 24.4 Å². The number of nitrogens with zero attached hydrogens (tertiary/aromatic N) is 1. The van der Waals surface area contributed by atoms with Gasteiger partial charge in [0.25, 0.3) is 5.89 Å². The lowest BCUT2D eigenvalue weighted by atomic mass is 10.2. The molecule has 1 rings (SSSR count). The second-order valence-corrected chi connectivity index (χ2v) is 2.37. The van der Waals surface area contributed by atoms with Crippen LogP contribution in [-0.2, 0) is 6.42 Å². The molecule has 0 aliphatic heterocycles. The molecule has 0 spiro atoms. The maximum atomic E-state index is 11.9. The summed E-state index contributed by atoms with van der Waals surface area (Å²) in [6.07, 6.45) is -0.0596. The van der Waals surface area contributed by atoms with Crippen molar-refractivity contribution in [1.82, 2.24) is 4.98 Å². The lowest BCUT2D eigenvalue weighted by Crippen LogP contribution is -2.00. The maximum absolute atomic E-state index is 11.9. The van der Waals surface area contributed by atoms with Crippen LogP contribution in [0.15, 0.2) is 10.7 Å². The summed E-state index contributed by atoms with van der Waals surface area (Å²) in [5.74, 6) is -0.512. The highest BCUT2D eigenvalue weighted by Crippen LogP contribution is 2.17. The molecule has 0 aromatic carbocycles. The lowest BCUT2D eigenvalue weighted by Gasteiger charge is -1.90. The molecule has 5 heteroatoms. The van der Waals surface area contributed by atoms with Crippen molar-refractivity contribution >= 4 is 0 Å². The van der Waals surface area contributed by atoms with E-state index in [9.17, 15) is 8.78 Å². The van der Waals surface area contributed by atoms with Crippen LogP contribution in [-0.4, -0.2) is 11.5 Å². The molecule has 0 atom stereocenters. The number of oxazole rings is 1. The van der Waals surface area contributed by atoms with Gasteiger partial charge < -0.3 is 10.2 Å². The molecule has 3 nitrogen and oxygen atoms in total. The van der Waals surface area contributed by atoms with E-state index in [0.717, 1.165) is 6.42 Å². The predicted molar refractivity (Wildman–Crippen MR) is 38.8 cm³/mol. The van der Waals surface area contributed by atoms with Gasteiger partial charge in [-0.15, -0.1) is 0 Å². The Kier molecular flexibility index (Phi) is 3.16. The zero-order chi connectivity index (χ0) is 8.97. The topological polar surface area (TPSA) is 52.0 Å². The molecule has 1 heterocycles. The minimum absolute atomic E-state index is 0.512. The molecule has 0 aliphatic carbocycles. The lowest BCUT2D eigenvalue weighted by molar-refractivity contribution is 0.115. The fourth-order valence-corrected chi connectivity index (χ4v) is 0.821. The van der Waals surface area contributed by atoms with Crippen molar-refractivity contribution in [2.75, 3.05) is 6.54 Å². The van der Waals surface area contributed by atoms with Crippen molar-refractivity contribution in [1.29, 1.82) is 0 Å². The second-order valence-electron chi connectivity index (χ2n) is 2.37. The number of alkyl halides is 2. The van der Waals surface area contributed by atoms with Crippen molar-refractivity contribution in [3.8, 4) is 0 Å². The largest absolute Gasteiger partial charge is 0.444 e. The van der Waals surface area contributed by atoms with Crippen LogP contribution in [0.25, 0.3) is 0 Å². The molecular weight excluding hydrogens is 166 g/mol. The van der Waals surface area contributed by atoms with Crippen molar-refractivity contribution < 1.29 is 13.2 Å². The van der Waals surface area contributed by atoms with Gasteiger partial charge in [0, 0.05) is 0 Å². The summed E-state index contributed by atoms with van der Waals surface area (Å²) in [5.41, 5.74) is 5.77. The number of nitrogens with two attached hydrogens (primary N) is 1. The Hall–Kier alpha value is -0.970. The van der Waals surface area contributed by atoms with Crippen LogP contribution in [0.4, 0.5) is 8.78 Å². The summed E-state index contributed by atoms with van der Waals surface area (Å²) in [4.78, 5) is 3.58. The standard InChI is InChI=1S/C7H10F2N2O/c8-6(9)7-11-5(4-12-7)2-1-3-10/h4,6H,1-3,10H2. The van der Waals surface area contributed by atoms with Crippen LogP contribution in [0.5, 0.6) is 0 Å². The highest BCUT2D eigenvalue weighted by Gasteiger charge is 2.13. The zero-order valence-electron chi connectivity index (χ0n) is 6.46. The van der Waals surface area contributed by atoms with Gasteiger partial charge in [-0.05, 0) is 19.4 Å². The monoisotopic (exact) mass is 176 g/mol. The maximum Gasteiger partial charge on any atom is 0.313 e. The molecule has 0 saturated carbocycles. The molecule has 0 bridgehead atoms. The van der Waals surface area contributed by atoms with E-state index in [1.54, 1.807) is 0 Å². The van der Waals surface area contributed by atoms with Crippen molar-refractivity contribution in [2.24, 2.45) is 5.73 Å². The van der Waals surface area contributed by atoms with Gasteiger partial charge in [-0.2, -0.15) is 8.78 Å². The quantitative estimate of drug-likeness (QED) is 0.756. The molecular formula is C7H10F2N2O. The Morgan fingerprint density at radius 1 is 1.58 bits per heavy atom. The summed E-state index contributed by atoms with van der Waals surface area (Å²) in [5, 5.41) is 0. The summed E-state index contributed by atoms with van der Waals surface area (Å²) >= 11 is 0. The average molecular weight is 176 g/mol. The summed E-state index contributed by atoms with van der Waals surface area (Å²) < 4.78 is 28.4. The first-order valence-electron chi connectivity index (χ1n) is 3.66. The van der Waals surface area contributed by atoms with E-state index in [4.69, 9.17) is 5.73 Å². The number of halogens is 2. The molecule has 1 aromatic rings. The van der Waals surface area contributed by atoms with Gasteiger partial charge in [0.05, 0.1) is 5.69 Å². The molecule has 0 fully saturated rings. The van der Waals surface area contributed by atoms with E-state index in [2.05, 4.69) is 9.40 Å². The second kappa shape index (κ2) is 4.15. The fourth-order valence-electron chi connectivity index (χ4n) is 0.821. The van der Waals surface area contributed by atoms with Crippen LogP contribution < -0.4 is 5.73 Å². The van der Waals surface area contributed by atoms with E-state index >= 15 is 0 Å². The van der Waals surface area contributed by atoms with Gasteiger partial charge in [-0.25, -0.2) is 4.98 Å². The first-order chi connectivity index (χ1) is 5.74. The molecule has 0 unspecified atom stereocenters. The zero-order valence-corrected chi connectivity index (χ0v) is 6.46. The van der Waals surface area contributed by atoms with E-state index in [1.165, 1.54) is 6.26 Å². The highest BCUT2D eigenvalue weighted by molar-refractivity contribution is 4.97. The Labute approximate surface area is 68.6 Å². The Bertz CT molecular complexity index is 237. The van der Waals surface area contributed by atoms with Gasteiger partial charge in [0.15, 0.2) is 0 Å². The van der Waals surface area contributed by atoms with E-state index in [-0.39, 0.29) is 0 Å². The van der Waals surface area contributed by atoms with Crippen LogP contribution in [0.2, 0.25) is 0 Å². The summed E-state index contributed by atoms with van der Waals surface area (Å²) in [6, 6.07) is 0. The normalized spacial score (nSPS) is 11.0. The Balaban J connectivity index is 2.52. The average Bonchev–Trinajstić information content (AvgIpc) is 2.48. The van der Waals surface area contributed by atoms with Crippen LogP contribution in [0, 0.1) is 0 Å². The molecule has 0 saturated heterocycles. The fraction of sp³-hybridized carbons (Fsp3) is 0.571. The number of hydrogen-bond donors (Lipinski definition) is 1. The first kappa shape index (κ1) is 9.12. The third-order valence-corrected chi connectivity index (χ3v) is 1.39. The molecule has 2 N–H and O–H groups in total. The first-order valence-corrected chi connectivity index (χ1v) is 3.66. The van der Waals surface area contributed by atoms with Crippen LogP contribution in [0.3, 0.4) is 0 Å². The molecule has 0 radical (unpaired) electrons. The van der Waals surface area contributed by atoms with Gasteiger partial charge in [0.2, 0.25) is 0 Å². The predicted octanol–water partition coefficient (Wildman–Crippen LogP) is 1.50. The van der Waals surface area contributed by atoms with Gasteiger partial charge >= 0.3 is 6.43 Å². The minimum Gasteiger partial charge on any atom is -0.444 e. The number of rotatable bonds is 4. The third-order valence-electron chi connectivity index (χ3n) is 1.39. The number of aryl methyl sites for hydroxylation is 1. The highest BCUT2D eigenvalue weighted by atomic mass is 19.3. The molecule has 0 aliphatic rings. The molecule has 68 valence electrons. The Morgan fingerprint density at radius 2 is 2.33 bits per heavy atom. The molecule has 12 heavy (non-hydrogen) atoms. The van der Waals surface area contributed by atoms with Gasteiger partial charge in [-0.3, -0.25) is 0 Å². The Morgan fingerprint density at radius 3 is 2.83 bits per heavy atom. The summed E-state index contributed by atoms with van der Waals surface area (Å²) in [6.45, 7) is 0.525. The smallest absolute Gasteiger partial charge is 0.313 e. The molecule has 0 amide bonds. The van der Waals surface area contributed by atoms with E-state index < -0.39 is 12.3 Å². The minimum atomic E-state index is -2.63. The van der Waals surface area contributed by atoms with E-state index in [1.807, 2.05) is 0 Å². The van der Waals surface area contributed by atoms with Crippen molar-refractivity contribution in [3.05, 3.63) is 17.8 Å². The molecule has 1 aromatic heterocycles.